The molecule has 1 saturated heterocycles. The number of carbonyl (C=O) groups excluding carboxylic acids is 1. The number of hydrogen-bond donors (Lipinski definition) is 0. The molecule has 7 heteroatoms. The summed E-state index contributed by atoms with van der Waals surface area (Å²) < 4.78 is 16.3. The summed E-state index contributed by atoms with van der Waals surface area (Å²) >= 11 is 0. The largest absolute Gasteiger partial charge is 0.497 e. The van der Waals surface area contributed by atoms with E-state index >= 15 is 0 Å². The molecule has 1 fully saturated rings. The minimum atomic E-state index is 0. The van der Waals surface area contributed by atoms with Crippen molar-refractivity contribution in [3.05, 3.63) is 65.2 Å². The Morgan fingerprint density at radius 2 is 1.56 bits per heavy atom. The van der Waals surface area contributed by atoms with Gasteiger partial charge >= 0.3 is 0 Å². The zero-order valence-electron chi connectivity index (χ0n) is 23.4. The first-order valence-corrected chi connectivity index (χ1v) is 13.9. The van der Waals surface area contributed by atoms with Crippen LogP contribution in [0, 0.1) is 0 Å². The van der Waals surface area contributed by atoms with E-state index in [2.05, 4.69) is 40.1 Å². The number of rotatable bonds is 9. The third-order valence-corrected chi connectivity index (χ3v) is 8.33. The minimum Gasteiger partial charge on any atom is -0.497 e. The Kier molecular flexibility index (Phi) is 9.98. The predicted molar refractivity (Wildman–Crippen MR) is 159 cm³/mol. The van der Waals surface area contributed by atoms with Crippen LogP contribution in [-0.2, 0) is 24.1 Å². The first-order chi connectivity index (χ1) is 18.6. The van der Waals surface area contributed by atoms with Gasteiger partial charge in [-0.05, 0) is 90.4 Å². The second-order valence-corrected chi connectivity index (χ2v) is 10.6. The summed E-state index contributed by atoms with van der Waals surface area (Å²) in [6.45, 7) is 3.79. The summed E-state index contributed by atoms with van der Waals surface area (Å²) in [4.78, 5) is 17.9. The molecule has 2 heterocycles. The lowest BCUT2D eigenvalue weighted by Crippen LogP contribution is -2.43. The maximum absolute atomic E-state index is 13.2. The van der Waals surface area contributed by atoms with Crippen LogP contribution in [0.2, 0.25) is 0 Å². The van der Waals surface area contributed by atoms with E-state index in [0.29, 0.717) is 18.2 Å². The number of ether oxygens (including phenoxy) is 3. The van der Waals surface area contributed by atoms with Gasteiger partial charge in [0.15, 0.2) is 11.5 Å². The first-order valence-electron chi connectivity index (χ1n) is 13.9. The van der Waals surface area contributed by atoms with Crippen LogP contribution in [0.1, 0.15) is 42.4 Å². The zero-order chi connectivity index (χ0) is 26.5. The topological polar surface area (TPSA) is 51.2 Å². The van der Waals surface area contributed by atoms with E-state index in [4.69, 9.17) is 14.2 Å². The van der Waals surface area contributed by atoms with Gasteiger partial charge in [-0.3, -0.25) is 9.69 Å². The third kappa shape index (κ3) is 6.79. The number of halogens is 1. The summed E-state index contributed by atoms with van der Waals surface area (Å²) in [5, 5.41) is 2.47. The van der Waals surface area contributed by atoms with Crippen LogP contribution in [0.3, 0.4) is 0 Å². The molecular formula is C32H41ClN2O4. The summed E-state index contributed by atoms with van der Waals surface area (Å²) in [6, 6.07) is 17.6. The molecule has 210 valence electrons. The van der Waals surface area contributed by atoms with Crippen molar-refractivity contribution in [3.63, 3.8) is 0 Å². The van der Waals surface area contributed by atoms with Gasteiger partial charge in [-0.2, -0.15) is 0 Å². The Bertz CT molecular complexity index is 1280. The second-order valence-electron chi connectivity index (χ2n) is 10.6. The lowest BCUT2D eigenvalue weighted by molar-refractivity contribution is -0.130. The molecule has 1 amide bonds. The molecule has 0 aliphatic carbocycles. The zero-order valence-corrected chi connectivity index (χ0v) is 24.2. The Morgan fingerprint density at radius 3 is 2.33 bits per heavy atom. The highest BCUT2D eigenvalue weighted by Crippen LogP contribution is 2.32. The van der Waals surface area contributed by atoms with Crippen LogP contribution in [0.4, 0.5) is 0 Å². The summed E-state index contributed by atoms with van der Waals surface area (Å²) in [7, 11) is 5.01. The molecule has 0 saturated carbocycles. The van der Waals surface area contributed by atoms with Crippen LogP contribution < -0.4 is 14.2 Å². The van der Waals surface area contributed by atoms with Crippen LogP contribution in [0.25, 0.3) is 10.8 Å². The van der Waals surface area contributed by atoms with Gasteiger partial charge in [0.2, 0.25) is 5.91 Å². The Labute approximate surface area is 238 Å². The number of amides is 1. The van der Waals surface area contributed by atoms with Gasteiger partial charge in [-0.1, -0.05) is 30.7 Å². The van der Waals surface area contributed by atoms with Gasteiger partial charge < -0.3 is 19.1 Å². The number of methoxy groups -OCH3 is 3. The molecule has 0 N–H and O–H groups in total. The lowest BCUT2D eigenvalue weighted by atomic mass is 9.97. The minimum absolute atomic E-state index is 0. The van der Waals surface area contributed by atoms with Crippen molar-refractivity contribution in [2.75, 3.05) is 47.5 Å². The van der Waals surface area contributed by atoms with Gasteiger partial charge in [0.25, 0.3) is 0 Å². The van der Waals surface area contributed by atoms with Crippen molar-refractivity contribution in [3.8, 4) is 17.2 Å². The molecule has 0 bridgehead atoms. The van der Waals surface area contributed by atoms with E-state index in [1.807, 2.05) is 18.2 Å². The smallest absolute Gasteiger partial charge is 0.227 e. The van der Waals surface area contributed by atoms with Gasteiger partial charge in [-0.25, -0.2) is 0 Å². The molecule has 0 aromatic heterocycles. The number of carbonyl (C=O) groups is 1. The van der Waals surface area contributed by atoms with E-state index in [1.165, 1.54) is 41.2 Å². The van der Waals surface area contributed by atoms with Crippen molar-refractivity contribution in [2.24, 2.45) is 0 Å². The first kappa shape index (κ1) is 29.0. The Hall–Kier alpha value is -2.96. The van der Waals surface area contributed by atoms with E-state index < -0.39 is 0 Å². The van der Waals surface area contributed by atoms with Crippen LogP contribution in [-0.4, -0.2) is 69.3 Å². The van der Waals surface area contributed by atoms with Crippen molar-refractivity contribution >= 4 is 29.1 Å². The SMILES string of the molecule is COc1ccc2cc(CCN3CCCCC3CCN3CCc4cc(OC)c(OC)cc4CC3=O)ccc2c1.Cl. The lowest BCUT2D eigenvalue weighted by Gasteiger charge is -2.37. The molecule has 0 spiro atoms. The highest BCUT2D eigenvalue weighted by atomic mass is 35.5. The quantitative estimate of drug-likeness (QED) is 0.341. The summed E-state index contributed by atoms with van der Waals surface area (Å²) in [5.41, 5.74) is 3.62. The van der Waals surface area contributed by atoms with Crippen molar-refractivity contribution in [2.45, 2.75) is 51.0 Å². The number of fused-ring (bicyclic) bond motifs is 2. The molecule has 2 aliphatic heterocycles. The number of likely N-dealkylation sites (tertiary alicyclic amines) is 1. The molecule has 39 heavy (non-hydrogen) atoms. The van der Waals surface area contributed by atoms with Crippen molar-refractivity contribution in [1.29, 1.82) is 0 Å². The summed E-state index contributed by atoms with van der Waals surface area (Å²) in [5.74, 6) is 2.53. The average molecular weight is 553 g/mol. The number of benzene rings is 3. The molecule has 1 unspecified atom stereocenters. The maximum Gasteiger partial charge on any atom is 0.227 e. The van der Waals surface area contributed by atoms with Gasteiger partial charge in [0.1, 0.15) is 5.75 Å². The number of nitrogens with zero attached hydrogens (tertiary/aromatic N) is 2. The summed E-state index contributed by atoms with van der Waals surface area (Å²) in [6.07, 6.45) is 7.11. The second kappa shape index (κ2) is 13.4. The highest BCUT2D eigenvalue weighted by molar-refractivity contribution is 5.85. The predicted octanol–water partition coefficient (Wildman–Crippen LogP) is 5.70. The van der Waals surface area contributed by atoms with E-state index in [0.717, 1.165) is 62.5 Å². The highest BCUT2D eigenvalue weighted by Gasteiger charge is 2.26. The van der Waals surface area contributed by atoms with E-state index in [1.54, 1.807) is 21.3 Å². The number of piperidine rings is 1. The normalized spacial score (nSPS) is 17.8. The van der Waals surface area contributed by atoms with Gasteiger partial charge in [-0.15, -0.1) is 12.4 Å². The van der Waals surface area contributed by atoms with E-state index in [9.17, 15) is 4.79 Å². The molecule has 3 aromatic rings. The molecule has 3 aromatic carbocycles. The molecule has 2 aliphatic rings. The van der Waals surface area contributed by atoms with Crippen LogP contribution in [0.5, 0.6) is 17.2 Å². The average Bonchev–Trinajstić information content (AvgIpc) is 3.11. The van der Waals surface area contributed by atoms with Crippen LogP contribution >= 0.6 is 12.4 Å². The molecule has 0 radical (unpaired) electrons. The fourth-order valence-corrected chi connectivity index (χ4v) is 6.07. The standard InChI is InChI=1S/C32H40N2O4.ClH/c1-36-29-10-9-24-18-23(7-8-25(24)19-29)11-15-33-14-5-4-6-28(33)13-17-34-16-12-26-20-30(37-2)31(38-3)21-27(26)22-32(34)35;/h7-10,18-21,28H,4-6,11-17,22H2,1-3H3;1H. The van der Waals surface area contributed by atoms with Gasteiger partial charge in [0.05, 0.1) is 27.8 Å². The number of hydrogen-bond acceptors (Lipinski definition) is 5. The maximum atomic E-state index is 13.2. The van der Waals surface area contributed by atoms with Crippen molar-refractivity contribution < 1.29 is 19.0 Å². The molecule has 6 nitrogen and oxygen atoms in total. The molecular weight excluding hydrogens is 512 g/mol. The Balaban J connectivity index is 0.00000353. The fraction of sp³-hybridized carbons (Fsp3) is 0.469. The monoisotopic (exact) mass is 552 g/mol. The Morgan fingerprint density at radius 1 is 0.821 bits per heavy atom. The van der Waals surface area contributed by atoms with Crippen LogP contribution in [0.15, 0.2) is 48.5 Å². The van der Waals surface area contributed by atoms with Gasteiger partial charge in [0, 0.05) is 25.7 Å². The molecule has 1 atom stereocenters. The fourth-order valence-electron chi connectivity index (χ4n) is 6.07. The third-order valence-electron chi connectivity index (χ3n) is 8.33. The van der Waals surface area contributed by atoms with E-state index in [-0.39, 0.29) is 18.3 Å². The molecule has 5 rings (SSSR count). The van der Waals surface area contributed by atoms with Crippen molar-refractivity contribution in [1.82, 2.24) is 9.80 Å².